The van der Waals surface area contributed by atoms with Gasteiger partial charge in [0.05, 0.1) is 12.6 Å². The van der Waals surface area contributed by atoms with Crippen LogP contribution in [0.15, 0.2) is 53.5 Å². The number of nitrogens with zero attached hydrogens (tertiary/aromatic N) is 1. The first-order chi connectivity index (χ1) is 9.16. The number of hydrogen-bond acceptors (Lipinski definition) is 3. The van der Waals surface area contributed by atoms with Crippen LogP contribution >= 0.6 is 0 Å². The average Bonchev–Trinajstić information content (AvgIpc) is 2.41. The number of pyridine rings is 1. The van der Waals surface area contributed by atoms with Crippen molar-refractivity contribution < 1.29 is 9.84 Å². The van der Waals surface area contributed by atoms with E-state index in [-0.39, 0.29) is 5.56 Å². The predicted octanol–water partition coefficient (Wildman–Crippen LogP) is 1.98. The van der Waals surface area contributed by atoms with Crippen LogP contribution in [0.2, 0.25) is 0 Å². The molecule has 0 radical (unpaired) electrons. The third-order valence-electron chi connectivity index (χ3n) is 2.84. The van der Waals surface area contributed by atoms with Crippen LogP contribution in [0.3, 0.4) is 0 Å². The zero-order chi connectivity index (χ0) is 13.7. The van der Waals surface area contributed by atoms with Crippen molar-refractivity contribution in [3.8, 4) is 5.75 Å². The van der Waals surface area contributed by atoms with E-state index in [0.29, 0.717) is 18.9 Å². The summed E-state index contributed by atoms with van der Waals surface area (Å²) in [5, 5.41) is 9.49. The first-order valence-corrected chi connectivity index (χ1v) is 6.23. The summed E-state index contributed by atoms with van der Waals surface area (Å²) >= 11 is 0. The van der Waals surface area contributed by atoms with E-state index in [1.165, 1.54) is 6.07 Å². The van der Waals surface area contributed by atoms with Gasteiger partial charge in [-0.15, -0.1) is 0 Å². The molecule has 1 aromatic carbocycles. The summed E-state index contributed by atoms with van der Waals surface area (Å²) < 4.78 is 7.18. The summed E-state index contributed by atoms with van der Waals surface area (Å²) in [6.45, 7) is 2.62. The molecule has 100 valence electrons. The third kappa shape index (κ3) is 3.69. The van der Waals surface area contributed by atoms with Gasteiger partial charge in [0.1, 0.15) is 12.4 Å². The molecular formula is C15H17NO3. The molecule has 0 saturated carbocycles. The Bertz CT molecular complexity index is 590. The summed E-state index contributed by atoms with van der Waals surface area (Å²) in [6, 6.07) is 12.4. The largest absolute Gasteiger partial charge is 0.492 e. The highest BCUT2D eigenvalue weighted by Crippen LogP contribution is 2.18. The SMILES string of the molecule is C[C@@H](O)c1cccc(OCCn2ccccc2=O)c1. The minimum atomic E-state index is -0.514. The number of benzene rings is 1. The molecule has 0 aliphatic rings. The lowest BCUT2D eigenvalue weighted by atomic mass is 10.1. The van der Waals surface area contributed by atoms with E-state index < -0.39 is 6.10 Å². The second-order valence-electron chi connectivity index (χ2n) is 4.33. The highest BCUT2D eigenvalue weighted by Gasteiger charge is 2.02. The van der Waals surface area contributed by atoms with E-state index in [1.807, 2.05) is 24.3 Å². The average molecular weight is 259 g/mol. The molecule has 2 aromatic rings. The molecule has 0 amide bonds. The molecule has 0 aliphatic carbocycles. The van der Waals surface area contributed by atoms with Crippen molar-refractivity contribution in [1.29, 1.82) is 0 Å². The van der Waals surface area contributed by atoms with Crippen molar-refractivity contribution in [2.75, 3.05) is 6.61 Å². The third-order valence-corrected chi connectivity index (χ3v) is 2.84. The van der Waals surface area contributed by atoms with Crippen LogP contribution in [-0.2, 0) is 6.54 Å². The van der Waals surface area contributed by atoms with Gasteiger partial charge in [0.2, 0.25) is 0 Å². The van der Waals surface area contributed by atoms with E-state index in [4.69, 9.17) is 4.74 Å². The number of ether oxygens (including phenoxy) is 1. The van der Waals surface area contributed by atoms with Crippen molar-refractivity contribution >= 4 is 0 Å². The van der Waals surface area contributed by atoms with E-state index >= 15 is 0 Å². The molecule has 2 rings (SSSR count). The zero-order valence-corrected chi connectivity index (χ0v) is 10.8. The van der Waals surface area contributed by atoms with Gasteiger partial charge in [-0.05, 0) is 30.7 Å². The first kappa shape index (κ1) is 13.4. The number of aromatic nitrogens is 1. The lowest BCUT2D eigenvalue weighted by Crippen LogP contribution is -2.21. The van der Waals surface area contributed by atoms with Crippen molar-refractivity contribution in [2.24, 2.45) is 0 Å². The van der Waals surface area contributed by atoms with Crippen molar-refractivity contribution in [1.82, 2.24) is 4.57 Å². The quantitative estimate of drug-likeness (QED) is 0.893. The molecular weight excluding hydrogens is 242 g/mol. The van der Waals surface area contributed by atoms with Crippen LogP contribution in [-0.4, -0.2) is 16.3 Å². The van der Waals surface area contributed by atoms with Gasteiger partial charge < -0.3 is 14.4 Å². The Morgan fingerprint density at radius 1 is 1.26 bits per heavy atom. The molecule has 19 heavy (non-hydrogen) atoms. The number of aliphatic hydroxyl groups excluding tert-OH is 1. The van der Waals surface area contributed by atoms with Crippen molar-refractivity contribution in [3.05, 3.63) is 64.6 Å². The Morgan fingerprint density at radius 3 is 2.84 bits per heavy atom. The minimum absolute atomic E-state index is 0.0381. The van der Waals surface area contributed by atoms with Gasteiger partial charge >= 0.3 is 0 Å². The Balaban J connectivity index is 1.94. The van der Waals surface area contributed by atoms with Crippen molar-refractivity contribution in [3.63, 3.8) is 0 Å². The molecule has 1 atom stereocenters. The van der Waals surface area contributed by atoms with Crippen LogP contribution in [0.4, 0.5) is 0 Å². The van der Waals surface area contributed by atoms with Crippen LogP contribution in [0, 0.1) is 0 Å². The molecule has 1 heterocycles. The standard InChI is InChI=1S/C15H17NO3/c1-12(17)13-5-4-6-14(11-13)19-10-9-16-8-3-2-7-15(16)18/h2-8,11-12,17H,9-10H2,1H3/t12-/m1/s1. The molecule has 4 nitrogen and oxygen atoms in total. The highest BCUT2D eigenvalue weighted by atomic mass is 16.5. The Kier molecular flexibility index (Phi) is 4.36. The van der Waals surface area contributed by atoms with Crippen molar-refractivity contribution in [2.45, 2.75) is 19.6 Å². The number of hydrogen-bond donors (Lipinski definition) is 1. The van der Waals surface area contributed by atoms with E-state index in [1.54, 1.807) is 29.8 Å². The monoisotopic (exact) mass is 259 g/mol. The van der Waals surface area contributed by atoms with Gasteiger partial charge in [0.25, 0.3) is 5.56 Å². The molecule has 0 bridgehead atoms. The van der Waals surface area contributed by atoms with Crippen LogP contribution in [0.1, 0.15) is 18.6 Å². The summed E-state index contributed by atoms with van der Waals surface area (Å²) in [6.07, 6.45) is 1.22. The predicted molar refractivity (Wildman–Crippen MR) is 73.3 cm³/mol. The second-order valence-corrected chi connectivity index (χ2v) is 4.33. The lowest BCUT2D eigenvalue weighted by Gasteiger charge is -2.10. The molecule has 0 fully saturated rings. The molecule has 1 N–H and O–H groups in total. The van der Waals surface area contributed by atoms with E-state index in [9.17, 15) is 9.90 Å². The van der Waals surface area contributed by atoms with Gasteiger partial charge in [-0.25, -0.2) is 0 Å². The maximum Gasteiger partial charge on any atom is 0.250 e. The molecule has 0 spiro atoms. The summed E-state index contributed by atoms with van der Waals surface area (Å²) in [5.74, 6) is 0.697. The Labute approximate surface area is 111 Å². The topological polar surface area (TPSA) is 51.5 Å². The van der Waals surface area contributed by atoms with Gasteiger partial charge in [0, 0.05) is 12.3 Å². The first-order valence-electron chi connectivity index (χ1n) is 6.23. The zero-order valence-electron chi connectivity index (χ0n) is 10.8. The maximum absolute atomic E-state index is 11.5. The number of aliphatic hydroxyl groups is 1. The van der Waals surface area contributed by atoms with Crippen LogP contribution in [0.5, 0.6) is 5.75 Å². The van der Waals surface area contributed by atoms with Crippen LogP contribution < -0.4 is 10.3 Å². The fraction of sp³-hybridized carbons (Fsp3) is 0.267. The Morgan fingerprint density at radius 2 is 2.11 bits per heavy atom. The fourth-order valence-corrected chi connectivity index (χ4v) is 1.77. The van der Waals surface area contributed by atoms with Gasteiger partial charge in [-0.3, -0.25) is 4.79 Å². The molecule has 0 unspecified atom stereocenters. The molecule has 0 saturated heterocycles. The van der Waals surface area contributed by atoms with Gasteiger partial charge in [-0.2, -0.15) is 0 Å². The highest BCUT2D eigenvalue weighted by molar-refractivity contribution is 5.29. The maximum atomic E-state index is 11.5. The minimum Gasteiger partial charge on any atom is -0.492 e. The molecule has 1 aromatic heterocycles. The Hall–Kier alpha value is -2.07. The normalized spacial score (nSPS) is 12.1. The molecule has 0 aliphatic heterocycles. The fourth-order valence-electron chi connectivity index (χ4n) is 1.77. The summed E-state index contributed by atoms with van der Waals surface area (Å²) in [4.78, 5) is 11.5. The number of rotatable bonds is 5. The lowest BCUT2D eigenvalue weighted by molar-refractivity contribution is 0.198. The van der Waals surface area contributed by atoms with Crippen LogP contribution in [0.25, 0.3) is 0 Å². The summed E-state index contributed by atoms with van der Waals surface area (Å²) in [7, 11) is 0. The summed E-state index contributed by atoms with van der Waals surface area (Å²) in [5.41, 5.74) is 0.776. The molecule has 4 heteroatoms. The second kappa shape index (κ2) is 6.20. The van der Waals surface area contributed by atoms with E-state index in [0.717, 1.165) is 5.56 Å². The smallest absolute Gasteiger partial charge is 0.250 e. The van der Waals surface area contributed by atoms with Gasteiger partial charge in [0.15, 0.2) is 0 Å². The van der Waals surface area contributed by atoms with E-state index in [2.05, 4.69) is 0 Å². The van der Waals surface area contributed by atoms with Gasteiger partial charge in [-0.1, -0.05) is 18.2 Å².